The molecule has 1 aliphatic heterocycles. The van der Waals surface area contributed by atoms with E-state index in [-0.39, 0.29) is 10.4 Å². The zero-order valence-electron chi connectivity index (χ0n) is 12.0. The van der Waals surface area contributed by atoms with Crippen LogP contribution in [0, 0.1) is 6.92 Å². The number of hydrogen-bond donors (Lipinski definition) is 0. The molecular formula is C17H16O2S2. The second-order valence-corrected chi connectivity index (χ2v) is 7.76. The molecule has 0 fully saturated rings. The summed E-state index contributed by atoms with van der Waals surface area (Å²) in [5.74, 6) is 0.964. The van der Waals surface area contributed by atoms with Crippen molar-refractivity contribution in [3.63, 3.8) is 0 Å². The summed E-state index contributed by atoms with van der Waals surface area (Å²) >= 11 is 3.59. The molecule has 2 aromatic rings. The highest BCUT2D eigenvalue weighted by molar-refractivity contribution is 8.19. The van der Waals surface area contributed by atoms with E-state index in [0.29, 0.717) is 6.42 Å². The van der Waals surface area contributed by atoms with Gasteiger partial charge in [-0.25, -0.2) is 0 Å². The molecule has 2 aromatic carbocycles. The second kappa shape index (κ2) is 6.16. The number of benzene rings is 2. The average molecular weight is 316 g/mol. The smallest absolute Gasteiger partial charge is 0.164 e. The van der Waals surface area contributed by atoms with Crippen LogP contribution in [0.1, 0.15) is 22.3 Å². The van der Waals surface area contributed by atoms with Crippen LogP contribution >= 0.6 is 23.5 Å². The standard InChI is InChI=1S/C17H16O2S2/c1-11-3-8-15-16(9-11)21-17(20-15)10-14(18)12-4-6-13(19-2)7-5-12/h3-9,17H,10H2,1-2H3/t17-/m0/s1. The van der Waals surface area contributed by atoms with Crippen LogP contribution in [0.5, 0.6) is 5.75 Å². The van der Waals surface area contributed by atoms with Gasteiger partial charge >= 0.3 is 0 Å². The molecule has 0 bridgehead atoms. The number of fused-ring (bicyclic) bond motifs is 1. The highest BCUT2D eigenvalue weighted by atomic mass is 32.2. The van der Waals surface area contributed by atoms with Gasteiger partial charge in [-0.2, -0.15) is 0 Å². The van der Waals surface area contributed by atoms with E-state index < -0.39 is 0 Å². The van der Waals surface area contributed by atoms with Gasteiger partial charge in [0.2, 0.25) is 0 Å². The molecule has 21 heavy (non-hydrogen) atoms. The van der Waals surface area contributed by atoms with Crippen molar-refractivity contribution in [1.29, 1.82) is 0 Å². The van der Waals surface area contributed by atoms with Crippen molar-refractivity contribution in [2.45, 2.75) is 27.7 Å². The summed E-state index contributed by atoms with van der Waals surface area (Å²) in [6.45, 7) is 2.10. The lowest BCUT2D eigenvalue weighted by atomic mass is 10.1. The van der Waals surface area contributed by atoms with Crippen LogP contribution in [0.25, 0.3) is 0 Å². The second-order valence-electron chi connectivity index (χ2n) is 4.97. The predicted octanol–water partition coefficient (Wildman–Crippen LogP) is 4.80. The minimum atomic E-state index is 0.187. The Kier molecular flexibility index (Phi) is 4.27. The largest absolute Gasteiger partial charge is 0.497 e. The van der Waals surface area contributed by atoms with Crippen LogP contribution in [0.2, 0.25) is 0 Å². The van der Waals surface area contributed by atoms with Gasteiger partial charge in [-0.05, 0) is 48.9 Å². The maximum Gasteiger partial charge on any atom is 0.164 e. The topological polar surface area (TPSA) is 26.3 Å². The summed E-state index contributed by atoms with van der Waals surface area (Å²) in [6, 6.07) is 13.8. The lowest BCUT2D eigenvalue weighted by Gasteiger charge is -2.07. The summed E-state index contributed by atoms with van der Waals surface area (Å²) in [4.78, 5) is 14.9. The average Bonchev–Trinajstić information content (AvgIpc) is 2.88. The third kappa shape index (κ3) is 3.27. The van der Waals surface area contributed by atoms with Crippen molar-refractivity contribution in [3.05, 3.63) is 53.6 Å². The molecule has 0 aliphatic carbocycles. The molecule has 1 heterocycles. The minimum Gasteiger partial charge on any atom is -0.497 e. The number of thioether (sulfide) groups is 2. The normalized spacial score (nSPS) is 16.6. The van der Waals surface area contributed by atoms with Crippen LogP contribution in [0.4, 0.5) is 0 Å². The minimum absolute atomic E-state index is 0.187. The van der Waals surface area contributed by atoms with Crippen molar-refractivity contribution in [3.8, 4) is 5.75 Å². The molecule has 0 unspecified atom stereocenters. The molecule has 3 rings (SSSR count). The van der Waals surface area contributed by atoms with Gasteiger partial charge in [0.15, 0.2) is 5.78 Å². The zero-order valence-corrected chi connectivity index (χ0v) is 13.6. The van der Waals surface area contributed by atoms with Crippen molar-refractivity contribution >= 4 is 29.3 Å². The van der Waals surface area contributed by atoms with Crippen LogP contribution in [0.15, 0.2) is 52.3 Å². The van der Waals surface area contributed by atoms with Gasteiger partial charge in [0.25, 0.3) is 0 Å². The van der Waals surface area contributed by atoms with Gasteiger partial charge < -0.3 is 4.74 Å². The molecule has 0 radical (unpaired) electrons. The Morgan fingerprint density at radius 2 is 1.81 bits per heavy atom. The maximum absolute atomic E-state index is 12.4. The van der Waals surface area contributed by atoms with E-state index in [1.807, 2.05) is 24.3 Å². The fourth-order valence-electron chi connectivity index (χ4n) is 2.24. The molecule has 0 aromatic heterocycles. The van der Waals surface area contributed by atoms with E-state index in [2.05, 4.69) is 25.1 Å². The van der Waals surface area contributed by atoms with Crippen molar-refractivity contribution < 1.29 is 9.53 Å². The van der Waals surface area contributed by atoms with E-state index in [9.17, 15) is 4.79 Å². The first-order valence-corrected chi connectivity index (χ1v) is 8.53. The number of Topliss-reactive ketones (excluding diaryl/α,β-unsaturated/α-hetero) is 1. The summed E-state index contributed by atoms with van der Waals surface area (Å²) in [5.41, 5.74) is 2.02. The highest BCUT2D eigenvalue weighted by Crippen LogP contribution is 2.49. The fourth-order valence-corrected chi connectivity index (χ4v) is 5.14. The number of ketones is 1. The number of carbonyl (C=O) groups is 1. The maximum atomic E-state index is 12.4. The number of aryl methyl sites for hydroxylation is 1. The fraction of sp³-hybridized carbons (Fsp3) is 0.235. The predicted molar refractivity (Wildman–Crippen MR) is 88.6 cm³/mol. The Morgan fingerprint density at radius 3 is 2.52 bits per heavy atom. The van der Waals surface area contributed by atoms with E-state index in [1.54, 1.807) is 30.6 Å². The summed E-state index contributed by atoms with van der Waals surface area (Å²) in [7, 11) is 1.63. The number of ether oxygens (including phenoxy) is 1. The Bertz CT molecular complexity index is 665. The lowest BCUT2D eigenvalue weighted by molar-refractivity contribution is 0.0987. The molecule has 1 atom stereocenters. The number of hydrogen-bond acceptors (Lipinski definition) is 4. The Hall–Kier alpha value is -1.39. The van der Waals surface area contributed by atoms with Crippen LogP contribution in [-0.2, 0) is 0 Å². The van der Waals surface area contributed by atoms with Gasteiger partial charge in [0.1, 0.15) is 5.75 Å². The quantitative estimate of drug-likeness (QED) is 0.757. The first kappa shape index (κ1) is 14.5. The molecule has 1 aliphatic rings. The number of methoxy groups -OCH3 is 1. The molecular weight excluding hydrogens is 300 g/mol. The molecule has 0 N–H and O–H groups in total. The van der Waals surface area contributed by atoms with E-state index >= 15 is 0 Å². The van der Waals surface area contributed by atoms with Gasteiger partial charge in [0, 0.05) is 21.8 Å². The lowest BCUT2D eigenvalue weighted by Crippen LogP contribution is -2.05. The zero-order chi connectivity index (χ0) is 14.8. The Morgan fingerprint density at radius 1 is 1.10 bits per heavy atom. The Balaban J connectivity index is 1.66. The van der Waals surface area contributed by atoms with Crippen molar-refractivity contribution in [1.82, 2.24) is 0 Å². The van der Waals surface area contributed by atoms with Gasteiger partial charge in [-0.3, -0.25) is 4.79 Å². The molecule has 0 spiro atoms. The van der Waals surface area contributed by atoms with Gasteiger partial charge in [0.05, 0.1) is 11.7 Å². The van der Waals surface area contributed by atoms with Crippen molar-refractivity contribution in [2.75, 3.05) is 7.11 Å². The molecule has 0 amide bonds. The summed E-state index contributed by atoms with van der Waals surface area (Å²) in [5, 5.41) is 0. The van der Waals surface area contributed by atoms with Crippen LogP contribution in [-0.4, -0.2) is 17.5 Å². The molecule has 4 heteroatoms. The van der Waals surface area contributed by atoms with Crippen LogP contribution in [0.3, 0.4) is 0 Å². The van der Waals surface area contributed by atoms with E-state index in [1.165, 1.54) is 15.4 Å². The Labute approximate surface area is 133 Å². The van der Waals surface area contributed by atoms with Crippen molar-refractivity contribution in [2.24, 2.45) is 0 Å². The van der Waals surface area contributed by atoms with Crippen LogP contribution < -0.4 is 4.74 Å². The molecule has 2 nitrogen and oxygen atoms in total. The monoisotopic (exact) mass is 316 g/mol. The van der Waals surface area contributed by atoms with Gasteiger partial charge in [-0.1, -0.05) is 6.07 Å². The molecule has 0 saturated carbocycles. The molecule has 0 saturated heterocycles. The third-order valence-corrected chi connectivity index (χ3v) is 6.15. The van der Waals surface area contributed by atoms with E-state index in [0.717, 1.165) is 11.3 Å². The third-order valence-electron chi connectivity index (χ3n) is 3.38. The van der Waals surface area contributed by atoms with Gasteiger partial charge in [-0.15, -0.1) is 23.5 Å². The summed E-state index contributed by atoms with van der Waals surface area (Å²) < 4.78 is 5.39. The first-order chi connectivity index (χ1) is 10.2. The highest BCUT2D eigenvalue weighted by Gasteiger charge is 2.25. The number of carbonyl (C=O) groups excluding carboxylic acids is 1. The first-order valence-electron chi connectivity index (χ1n) is 6.77. The molecule has 108 valence electrons. The summed E-state index contributed by atoms with van der Waals surface area (Å²) in [6.07, 6.45) is 0.551. The SMILES string of the molecule is COc1ccc(C(=O)C[C@H]2Sc3ccc(C)cc3S2)cc1. The number of rotatable bonds is 4. The van der Waals surface area contributed by atoms with E-state index in [4.69, 9.17) is 4.74 Å².